The molecule has 2 aromatic rings. The molecule has 2 unspecified atom stereocenters. The zero-order chi connectivity index (χ0) is 18.9. The van der Waals surface area contributed by atoms with Crippen molar-refractivity contribution in [1.29, 1.82) is 0 Å². The van der Waals surface area contributed by atoms with E-state index in [1.807, 2.05) is 13.8 Å². The number of nitrogens with zero attached hydrogens (tertiary/aromatic N) is 1. The maximum absolute atomic E-state index is 13.0. The van der Waals surface area contributed by atoms with Crippen LogP contribution in [0, 0.1) is 0 Å². The van der Waals surface area contributed by atoms with Crippen LogP contribution in [0.15, 0.2) is 50.9 Å². The van der Waals surface area contributed by atoms with E-state index in [0.29, 0.717) is 5.69 Å². The van der Waals surface area contributed by atoms with Crippen molar-refractivity contribution in [3.8, 4) is 0 Å². The van der Waals surface area contributed by atoms with E-state index in [-0.39, 0.29) is 21.2 Å². The fourth-order valence-corrected chi connectivity index (χ4v) is 7.24. The average molecular weight is 415 g/mol. The first-order valence-corrected chi connectivity index (χ1v) is 12.2. The molecule has 0 aliphatic carbocycles. The molecule has 1 aliphatic heterocycles. The molecule has 6 nitrogen and oxygen atoms in total. The third kappa shape index (κ3) is 3.80. The van der Waals surface area contributed by atoms with E-state index < -0.39 is 20.0 Å². The van der Waals surface area contributed by atoms with Crippen molar-refractivity contribution in [3.05, 3.63) is 41.8 Å². The zero-order valence-electron chi connectivity index (χ0n) is 14.6. The number of rotatable bonds is 5. The predicted molar refractivity (Wildman–Crippen MR) is 103 cm³/mol. The third-order valence-electron chi connectivity index (χ3n) is 4.55. The Kier molecular flexibility index (Phi) is 5.43. The number of nitrogens with one attached hydrogen (secondary N) is 1. The minimum atomic E-state index is -3.65. The van der Waals surface area contributed by atoms with E-state index in [0.717, 1.165) is 30.6 Å². The molecule has 9 heteroatoms. The van der Waals surface area contributed by atoms with Gasteiger partial charge in [-0.05, 0) is 62.4 Å². The van der Waals surface area contributed by atoms with Crippen LogP contribution in [0.3, 0.4) is 0 Å². The Hall–Kier alpha value is -1.42. The van der Waals surface area contributed by atoms with Crippen LogP contribution in [0.5, 0.6) is 0 Å². The molecule has 26 heavy (non-hydrogen) atoms. The smallest absolute Gasteiger partial charge is 0.271 e. The highest BCUT2D eigenvalue weighted by atomic mass is 32.2. The SMILES string of the molecule is CC1CCCC(C)N1S(=O)(=O)c1ccc(NS(=O)(=O)c2cccs2)cc1. The van der Waals surface area contributed by atoms with Gasteiger partial charge in [-0.25, -0.2) is 16.8 Å². The van der Waals surface area contributed by atoms with Crippen LogP contribution >= 0.6 is 11.3 Å². The molecule has 1 aliphatic rings. The van der Waals surface area contributed by atoms with Crippen LogP contribution in [0.25, 0.3) is 0 Å². The lowest BCUT2D eigenvalue weighted by Gasteiger charge is -2.37. The van der Waals surface area contributed by atoms with Crippen LogP contribution in [0.2, 0.25) is 0 Å². The molecule has 142 valence electrons. The van der Waals surface area contributed by atoms with Gasteiger partial charge in [0.2, 0.25) is 10.0 Å². The van der Waals surface area contributed by atoms with Crippen LogP contribution < -0.4 is 4.72 Å². The van der Waals surface area contributed by atoms with E-state index in [4.69, 9.17) is 0 Å². The minimum Gasteiger partial charge on any atom is -0.279 e. The first-order chi connectivity index (χ1) is 12.2. The number of thiophene rings is 1. The second-order valence-electron chi connectivity index (χ2n) is 6.53. The van der Waals surface area contributed by atoms with Gasteiger partial charge in [0, 0.05) is 17.8 Å². The fraction of sp³-hybridized carbons (Fsp3) is 0.412. The van der Waals surface area contributed by atoms with Gasteiger partial charge in [-0.2, -0.15) is 4.31 Å². The highest BCUT2D eigenvalue weighted by molar-refractivity contribution is 7.94. The second-order valence-corrected chi connectivity index (χ2v) is 11.2. The Morgan fingerprint density at radius 1 is 1.00 bits per heavy atom. The normalized spacial score (nSPS) is 22.2. The van der Waals surface area contributed by atoms with Crippen LogP contribution in [-0.2, 0) is 20.0 Å². The number of sulfonamides is 2. The molecular weight excluding hydrogens is 392 g/mol. The van der Waals surface area contributed by atoms with Gasteiger partial charge < -0.3 is 0 Å². The monoisotopic (exact) mass is 414 g/mol. The van der Waals surface area contributed by atoms with E-state index >= 15 is 0 Å². The summed E-state index contributed by atoms with van der Waals surface area (Å²) in [5, 5.41) is 1.69. The highest BCUT2D eigenvalue weighted by Crippen LogP contribution is 2.30. The van der Waals surface area contributed by atoms with E-state index in [9.17, 15) is 16.8 Å². The summed E-state index contributed by atoms with van der Waals surface area (Å²) in [4.78, 5) is 0.178. The second kappa shape index (κ2) is 7.30. The quantitative estimate of drug-likeness (QED) is 0.812. The summed E-state index contributed by atoms with van der Waals surface area (Å²) >= 11 is 1.12. The zero-order valence-corrected chi connectivity index (χ0v) is 17.1. The standard InChI is InChI=1S/C17H22N2O4S3/c1-13-5-3-6-14(2)19(13)26(22,23)16-10-8-15(9-11-16)18-25(20,21)17-7-4-12-24-17/h4,7-14,18H,3,5-6H2,1-2H3. The number of anilines is 1. The van der Waals surface area contributed by atoms with Crippen molar-refractivity contribution < 1.29 is 16.8 Å². The number of benzene rings is 1. The number of hydrogen-bond acceptors (Lipinski definition) is 5. The van der Waals surface area contributed by atoms with E-state index in [1.54, 1.807) is 15.8 Å². The molecule has 0 bridgehead atoms. The molecule has 0 radical (unpaired) electrons. The van der Waals surface area contributed by atoms with Crippen molar-refractivity contribution in [3.63, 3.8) is 0 Å². The molecule has 1 aromatic heterocycles. The lowest BCUT2D eigenvalue weighted by atomic mass is 10.0. The van der Waals surface area contributed by atoms with Crippen molar-refractivity contribution in [2.45, 2.75) is 54.3 Å². The Labute approximate surface area is 159 Å². The Morgan fingerprint density at radius 3 is 2.15 bits per heavy atom. The molecule has 1 N–H and O–H groups in total. The summed E-state index contributed by atoms with van der Waals surface area (Å²) in [6.07, 6.45) is 2.72. The maximum atomic E-state index is 13.0. The fourth-order valence-electron chi connectivity index (χ4n) is 3.31. The van der Waals surface area contributed by atoms with Crippen molar-refractivity contribution in [2.75, 3.05) is 4.72 Å². The van der Waals surface area contributed by atoms with Gasteiger partial charge in [0.1, 0.15) is 4.21 Å². The molecule has 3 rings (SSSR count). The summed E-state index contributed by atoms with van der Waals surface area (Å²) in [5.41, 5.74) is 0.331. The summed E-state index contributed by atoms with van der Waals surface area (Å²) in [6, 6.07) is 8.97. The van der Waals surface area contributed by atoms with Crippen molar-refractivity contribution in [2.24, 2.45) is 0 Å². The molecule has 1 aromatic carbocycles. The first-order valence-electron chi connectivity index (χ1n) is 8.42. The average Bonchev–Trinajstić information content (AvgIpc) is 3.10. The number of hydrogen-bond donors (Lipinski definition) is 1. The largest absolute Gasteiger partial charge is 0.279 e. The van der Waals surface area contributed by atoms with Crippen LogP contribution in [-0.4, -0.2) is 33.2 Å². The van der Waals surface area contributed by atoms with Crippen LogP contribution in [0.4, 0.5) is 5.69 Å². The summed E-state index contributed by atoms with van der Waals surface area (Å²) in [7, 11) is -7.25. The molecule has 0 saturated carbocycles. The highest BCUT2D eigenvalue weighted by Gasteiger charge is 2.35. The van der Waals surface area contributed by atoms with Crippen LogP contribution in [0.1, 0.15) is 33.1 Å². The molecule has 1 fully saturated rings. The summed E-state index contributed by atoms with van der Waals surface area (Å²) < 4.78 is 54.7. The summed E-state index contributed by atoms with van der Waals surface area (Å²) in [5.74, 6) is 0. The van der Waals surface area contributed by atoms with Gasteiger partial charge in [0.15, 0.2) is 0 Å². The van der Waals surface area contributed by atoms with Gasteiger partial charge in [-0.15, -0.1) is 11.3 Å². The Morgan fingerprint density at radius 2 is 1.62 bits per heavy atom. The first kappa shape index (κ1) is 19.3. The Balaban J connectivity index is 1.83. The van der Waals surface area contributed by atoms with Crippen molar-refractivity contribution in [1.82, 2.24) is 4.31 Å². The molecule has 0 spiro atoms. The van der Waals surface area contributed by atoms with Gasteiger partial charge in [0.05, 0.1) is 4.90 Å². The molecule has 0 amide bonds. The van der Waals surface area contributed by atoms with Gasteiger partial charge >= 0.3 is 0 Å². The maximum Gasteiger partial charge on any atom is 0.271 e. The van der Waals surface area contributed by atoms with Gasteiger partial charge in [0.25, 0.3) is 10.0 Å². The lowest BCUT2D eigenvalue weighted by molar-refractivity contribution is 0.204. The summed E-state index contributed by atoms with van der Waals surface area (Å²) in [6.45, 7) is 3.85. The van der Waals surface area contributed by atoms with E-state index in [2.05, 4.69) is 4.72 Å². The van der Waals surface area contributed by atoms with E-state index in [1.165, 1.54) is 30.3 Å². The lowest BCUT2D eigenvalue weighted by Crippen LogP contribution is -2.47. The molecule has 2 heterocycles. The minimum absolute atomic E-state index is 0.0410. The number of piperidine rings is 1. The molecule has 2 atom stereocenters. The topological polar surface area (TPSA) is 83.6 Å². The molecular formula is C17H22N2O4S3. The third-order valence-corrected chi connectivity index (χ3v) is 9.48. The molecule has 1 saturated heterocycles. The predicted octanol–water partition coefficient (Wildman–Crippen LogP) is 3.50. The van der Waals surface area contributed by atoms with Gasteiger partial charge in [-0.1, -0.05) is 12.5 Å². The van der Waals surface area contributed by atoms with Crippen molar-refractivity contribution >= 4 is 37.1 Å². The van der Waals surface area contributed by atoms with Gasteiger partial charge in [-0.3, -0.25) is 4.72 Å². The Bertz CT molecular complexity index is 942.